The Balaban J connectivity index is 2.68. The van der Waals surface area contributed by atoms with Gasteiger partial charge in [0.25, 0.3) is 6.43 Å². The molecule has 0 saturated heterocycles. The highest BCUT2D eigenvalue weighted by molar-refractivity contribution is 7.80. The summed E-state index contributed by atoms with van der Waals surface area (Å²) in [5.74, 6) is 0.157. The second kappa shape index (κ2) is 5.83. The zero-order valence-electron chi connectivity index (χ0n) is 8.78. The van der Waals surface area contributed by atoms with Gasteiger partial charge in [-0.25, -0.2) is 8.78 Å². The summed E-state index contributed by atoms with van der Waals surface area (Å²) in [5, 5.41) is 6.37. The summed E-state index contributed by atoms with van der Waals surface area (Å²) in [6, 6.07) is 1.27. The number of hydrogen-bond acceptors (Lipinski definition) is 3. The summed E-state index contributed by atoms with van der Waals surface area (Å²) >= 11 is 3.92. The number of halogens is 2. The lowest BCUT2D eigenvalue weighted by Crippen LogP contribution is -2.30. The first kappa shape index (κ1) is 13.0. The molecule has 0 fully saturated rings. The van der Waals surface area contributed by atoms with E-state index in [1.54, 1.807) is 6.92 Å². The maximum absolute atomic E-state index is 12.5. The topological polar surface area (TPSA) is 46.9 Å². The van der Waals surface area contributed by atoms with Gasteiger partial charge in [-0.05, 0) is 13.0 Å². The summed E-state index contributed by atoms with van der Waals surface area (Å²) in [6.07, 6.45) is -2.63. The van der Waals surface area contributed by atoms with E-state index in [1.165, 1.54) is 6.07 Å². The van der Waals surface area contributed by atoms with Crippen molar-refractivity contribution in [3.05, 3.63) is 17.5 Å². The lowest BCUT2D eigenvalue weighted by Gasteiger charge is -2.06. The van der Waals surface area contributed by atoms with Gasteiger partial charge in [0.2, 0.25) is 5.91 Å². The number of hydrogen-bond donors (Lipinski definition) is 2. The first-order chi connectivity index (χ1) is 7.54. The SMILES string of the molecule is Cc1cc(C(F)F)n(CC(=O)NCCS)n1. The van der Waals surface area contributed by atoms with Crippen LogP contribution >= 0.6 is 12.6 Å². The molecule has 0 aliphatic carbocycles. The van der Waals surface area contributed by atoms with Crippen molar-refractivity contribution in [3.8, 4) is 0 Å². The van der Waals surface area contributed by atoms with Crippen molar-refractivity contribution in [3.63, 3.8) is 0 Å². The third kappa shape index (κ3) is 3.48. The van der Waals surface area contributed by atoms with Crippen LogP contribution in [0.3, 0.4) is 0 Å². The number of amides is 1. The van der Waals surface area contributed by atoms with Crippen LogP contribution in [-0.4, -0.2) is 28.0 Å². The molecule has 0 unspecified atom stereocenters. The van der Waals surface area contributed by atoms with E-state index in [0.29, 0.717) is 18.0 Å². The van der Waals surface area contributed by atoms with E-state index in [4.69, 9.17) is 0 Å². The number of alkyl halides is 2. The molecule has 1 amide bonds. The van der Waals surface area contributed by atoms with Crippen molar-refractivity contribution in [2.75, 3.05) is 12.3 Å². The van der Waals surface area contributed by atoms with E-state index < -0.39 is 6.43 Å². The zero-order valence-corrected chi connectivity index (χ0v) is 9.68. The van der Waals surface area contributed by atoms with Crippen molar-refractivity contribution in [1.82, 2.24) is 15.1 Å². The van der Waals surface area contributed by atoms with E-state index in [2.05, 4.69) is 23.0 Å². The van der Waals surface area contributed by atoms with Crippen LogP contribution in [0.4, 0.5) is 8.78 Å². The van der Waals surface area contributed by atoms with Crippen molar-refractivity contribution in [2.24, 2.45) is 0 Å². The number of rotatable bonds is 5. The summed E-state index contributed by atoms with van der Waals surface area (Å²) in [7, 11) is 0. The highest BCUT2D eigenvalue weighted by Gasteiger charge is 2.16. The second-order valence-electron chi connectivity index (χ2n) is 3.24. The maximum Gasteiger partial charge on any atom is 0.280 e. The van der Waals surface area contributed by atoms with Crippen LogP contribution in [0.25, 0.3) is 0 Å². The standard InChI is InChI=1S/C9H13F2N3OS/c1-6-4-7(9(10)11)14(13-6)5-8(15)12-2-3-16/h4,9,16H,2-3,5H2,1H3,(H,12,15). The van der Waals surface area contributed by atoms with E-state index in [1.807, 2.05) is 0 Å². The Morgan fingerprint density at radius 3 is 2.94 bits per heavy atom. The molecule has 16 heavy (non-hydrogen) atoms. The van der Waals surface area contributed by atoms with Gasteiger partial charge in [-0.2, -0.15) is 17.7 Å². The lowest BCUT2D eigenvalue weighted by molar-refractivity contribution is -0.121. The first-order valence-electron chi connectivity index (χ1n) is 4.74. The molecule has 0 atom stereocenters. The molecule has 7 heteroatoms. The monoisotopic (exact) mass is 249 g/mol. The normalized spacial score (nSPS) is 10.8. The smallest absolute Gasteiger partial charge is 0.280 e. The number of carbonyl (C=O) groups excluding carboxylic acids is 1. The number of nitrogens with zero attached hydrogens (tertiary/aromatic N) is 2. The molecular formula is C9H13F2N3OS. The van der Waals surface area contributed by atoms with Gasteiger partial charge in [0.1, 0.15) is 12.2 Å². The molecule has 0 bridgehead atoms. The van der Waals surface area contributed by atoms with E-state index >= 15 is 0 Å². The highest BCUT2D eigenvalue weighted by atomic mass is 32.1. The molecule has 4 nitrogen and oxygen atoms in total. The molecule has 0 spiro atoms. The Kier molecular flexibility index (Phi) is 4.72. The van der Waals surface area contributed by atoms with Crippen LogP contribution in [0, 0.1) is 6.92 Å². The molecule has 1 N–H and O–H groups in total. The minimum Gasteiger partial charge on any atom is -0.354 e. The van der Waals surface area contributed by atoms with Crippen molar-refractivity contribution in [2.45, 2.75) is 19.9 Å². The number of thiol groups is 1. The molecule has 1 rings (SSSR count). The maximum atomic E-state index is 12.5. The summed E-state index contributed by atoms with van der Waals surface area (Å²) in [6.45, 7) is 1.82. The quantitative estimate of drug-likeness (QED) is 0.770. The Hall–Kier alpha value is -1.11. The highest BCUT2D eigenvalue weighted by Crippen LogP contribution is 2.19. The van der Waals surface area contributed by atoms with Gasteiger partial charge in [0.15, 0.2) is 0 Å². The lowest BCUT2D eigenvalue weighted by atomic mass is 10.4. The van der Waals surface area contributed by atoms with Gasteiger partial charge in [-0.1, -0.05) is 0 Å². The van der Waals surface area contributed by atoms with Gasteiger partial charge in [0, 0.05) is 12.3 Å². The molecule has 0 saturated carbocycles. The minimum absolute atomic E-state index is 0.193. The second-order valence-corrected chi connectivity index (χ2v) is 3.69. The van der Waals surface area contributed by atoms with Gasteiger partial charge in [-0.3, -0.25) is 9.48 Å². The molecule has 1 aromatic rings. The third-order valence-corrected chi connectivity index (χ3v) is 2.11. The Labute approximate surface area is 97.4 Å². The van der Waals surface area contributed by atoms with Crippen LogP contribution < -0.4 is 5.32 Å². The van der Waals surface area contributed by atoms with Gasteiger partial charge in [0.05, 0.1) is 5.69 Å². The summed E-state index contributed by atoms with van der Waals surface area (Å²) in [5.41, 5.74) is 0.232. The third-order valence-electron chi connectivity index (χ3n) is 1.88. The van der Waals surface area contributed by atoms with E-state index in [0.717, 1.165) is 4.68 Å². The predicted molar refractivity (Wildman–Crippen MR) is 58.8 cm³/mol. The van der Waals surface area contributed by atoms with Crippen molar-refractivity contribution >= 4 is 18.5 Å². The van der Waals surface area contributed by atoms with Crippen molar-refractivity contribution in [1.29, 1.82) is 0 Å². The van der Waals surface area contributed by atoms with Crippen LogP contribution in [0.2, 0.25) is 0 Å². The van der Waals surface area contributed by atoms with E-state index in [9.17, 15) is 13.6 Å². The molecule has 1 heterocycles. The molecular weight excluding hydrogens is 236 g/mol. The van der Waals surface area contributed by atoms with E-state index in [-0.39, 0.29) is 18.1 Å². The number of carbonyl (C=O) groups is 1. The Morgan fingerprint density at radius 1 is 1.69 bits per heavy atom. The van der Waals surface area contributed by atoms with Crippen LogP contribution in [0.5, 0.6) is 0 Å². The fraction of sp³-hybridized carbons (Fsp3) is 0.556. The first-order valence-corrected chi connectivity index (χ1v) is 5.38. The van der Waals surface area contributed by atoms with Gasteiger partial charge >= 0.3 is 0 Å². The Morgan fingerprint density at radius 2 is 2.38 bits per heavy atom. The summed E-state index contributed by atoms with van der Waals surface area (Å²) < 4.78 is 26.1. The number of aromatic nitrogens is 2. The molecule has 0 radical (unpaired) electrons. The van der Waals surface area contributed by atoms with Crippen molar-refractivity contribution < 1.29 is 13.6 Å². The molecule has 0 aliphatic rings. The van der Waals surface area contributed by atoms with Gasteiger partial charge < -0.3 is 5.32 Å². The molecule has 0 aromatic carbocycles. The molecule has 90 valence electrons. The van der Waals surface area contributed by atoms with Gasteiger partial charge in [-0.15, -0.1) is 0 Å². The predicted octanol–water partition coefficient (Wildman–Crippen LogP) is 1.18. The van der Waals surface area contributed by atoms with Crippen LogP contribution in [-0.2, 0) is 11.3 Å². The fourth-order valence-corrected chi connectivity index (χ4v) is 1.37. The van der Waals surface area contributed by atoms with Crippen LogP contribution in [0.1, 0.15) is 17.8 Å². The molecule has 0 aliphatic heterocycles. The average Bonchev–Trinajstić information content (AvgIpc) is 2.56. The summed E-state index contributed by atoms with van der Waals surface area (Å²) in [4.78, 5) is 11.3. The Bertz CT molecular complexity index is 368. The fourth-order valence-electron chi connectivity index (χ4n) is 1.26. The molecule has 1 aromatic heterocycles. The number of nitrogens with one attached hydrogen (secondary N) is 1. The zero-order chi connectivity index (χ0) is 12.1. The minimum atomic E-state index is -2.63. The van der Waals surface area contributed by atoms with Crippen LogP contribution in [0.15, 0.2) is 6.07 Å². The largest absolute Gasteiger partial charge is 0.354 e. The average molecular weight is 249 g/mol. The number of aryl methyl sites for hydroxylation is 1.